The van der Waals surface area contributed by atoms with Crippen molar-refractivity contribution in [1.82, 2.24) is 5.32 Å². The molecular weight excluding hydrogens is 283 g/mol. The highest BCUT2D eigenvalue weighted by molar-refractivity contribution is 8.00. The van der Waals surface area contributed by atoms with Crippen molar-refractivity contribution in [3.63, 3.8) is 0 Å². The van der Waals surface area contributed by atoms with E-state index in [0.717, 1.165) is 0 Å². The molecule has 8 heteroatoms. The molecule has 1 unspecified atom stereocenters. The molecule has 1 atom stereocenters. The third-order valence-electron chi connectivity index (χ3n) is 2.16. The molecule has 0 aromatic heterocycles. The molecule has 1 amide bonds. The molecule has 2 N–H and O–H groups in total. The van der Waals surface area contributed by atoms with Crippen LogP contribution in [-0.4, -0.2) is 23.0 Å². The normalized spacial score (nSPS) is 12.8. The van der Waals surface area contributed by atoms with Crippen LogP contribution in [0.25, 0.3) is 0 Å². The van der Waals surface area contributed by atoms with Gasteiger partial charge in [0.1, 0.15) is 0 Å². The number of aliphatic carboxylic acids is 1. The summed E-state index contributed by atoms with van der Waals surface area (Å²) in [5.41, 5.74) is -3.94. The van der Waals surface area contributed by atoms with E-state index >= 15 is 0 Å². The minimum Gasteiger partial charge on any atom is -0.481 e. The summed E-state index contributed by atoms with van der Waals surface area (Å²) in [6.07, 6.45) is 0.0104. The van der Waals surface area contributed by atoms with Crippen LogP contribution in [0.1, 0.15) is 18.0 Å². The van der Waals surface area contributed by atoms with Crippen molar-refractivity contribution >= 4 is 24.1 Å². The zero-order chi connectivity index (χ0) is 14.5. The Bertz CT molecular complexity index is 447. The number of carbonyl (C=O) groups is 2. The monoisotopic (exact) mass is 293 g/mol. The molecule has 0 fully saturated rings. The Labute approximate surface area is 111 Å². The van der Waals surface area contributed by atoms with Crippen LogP contribution >= 0.6 is 11.8 Å². The van der Waals surface area contributed by atoms with Gasteiger partial charge in [0.15, 0.2) is 0 Å². The topological polar surface area (TPSA) is 66.4 Å². The van der Waals surface area contributed by atoms with Crippen molar-refractivity contribution in [3.8, 4) is 0 Å². The van der Waals surface area contributed by atoms with Gasteiger partial charge in [0.25, 0.3) is 0 Å². The lowest BCUT2D eigenvalue weighted by Gasteiger charge is -2.14. The van der Waals surface area contributed by atoms with Gasteiger partial charge >= 0.3 is 11.5 Å². The molecule has 0 spiro atoms. The van der Waals surface area contributed by atoms with Gasteiger partial charge in [0.05, 0.1) is 12.5 Å². The van der Waals surface area contributed by atoms with Crippen LogP contribution in [0.4, 0.5) is 13.2 Å². The molecule has 0 aliphatic heterocycles. The predicted octanol–water partition coefficient (Wildman–Crippen LogP) is 2.56. The first-order valence-corrected chi connectivity index (χ1v) is 5.90. The molecule has 104 valence electrons. The molecule has 1 rings (SSSR count). The van der Waals surface area contributed by atoms with Crippen LogP contribution in [0.2, 0.25) is 0 Å². The maximum atomic E-state index is 12.1. The summed E-state index contributed by atoms with van der Waals surface area (Å²) >= 11 is -0.258. The van der Waals surface area contributed by atoms with E-state index in [9.17, 15) is 22.8 Å². The van der Waals surface area contributed by atoms with Crippen LogP contribution < -0.4 is 5.32 Å². The lowest BCUT2D eigenvalue weighted by molar-refractivity contribution is -0.137. The van der Waals surface area contributed by atoms with E-state index in [1.165, 1.54) is 24.3 Å². The summed E-state index contributed by atoms with van der Waals surface area (Å²) in [6.45, 7) is 0. The Kier molecular flexibility index (Phi) is 5.22. The van der Waals surface area contributed by atoms with Crippen molar-refractivity contribution in [2.45, 2.75) is 22.9 Å². The number of hydrogen-bond acceptors (Lipinski definition) is 3. The van der Waals surface area contributed by atoms with Gasteiger partial charge in [-0.05, 0) is 29.5 Å². The first-order chi connectivity index (χ1) is 8.81. The second-order valence-corrected chi connectivity index (χ2v) is 4.69. The lowest BCUT2D eigenvalue weighted by atomic mass is 10.0. The van der Waals surface area contributed by atoms with Gasteiger partial charge in [-0.25, -0.2) is 0 Å². The van der Waals surface area contributed by atoms with Crippen molar-refractivity contribution in [3.05, 3.63) is 29.8 Å². The summed E-state index contributed by atoms with van der Waals surface area (Å²) in [5.74, 6) is -1.12. The van der Waals surface area contributed by atoms with Gasteiger partial charge in [-0.1, -0.05) is 12.1 Å². The highest BCUT2D eigenvalue weighted by Crippen LogP contribution is 2.37. The van der Waals surface area contributed by atoms with Gasteiger partial charge in [-0.15, -0.1) is 0 Å². The number of carboxylic acid groups (broad SMARTS) is 1. The van der Waals surface area contributed by atoms with Crippen LogP contribution in [0.5, 0.6) is 0 Å². The number of rotatable bonds is 6. The number of nitrogens with one attached hydrogen (secondary N) is 1. The summed E-state index contributed by atoms with van der Waals surface area (Å²) in [5, 5.41) is 11.0. The van der Waals surface area contributed by atoms with Crippen LogP contribution in [0.3, 0.4) is 0 Å². The summed E-state index contributed by atoms with van der Waals surface area (Å²) in [7, 11) is 0. The first kappa shape index (κ1) is 15.4. The molecular formula is C11H10F3NO3S. The molecule has 0 aliphatic carbocycles. The lowest BCUT2D eigenvalue weighted by Crippen LogP contribution is -2.22. The highest BCUT2D eigenvalue weighted by atomic mass is 32.2. The summed E-state index contributed by atoms with van der Waals surface area (Å²) in [4.78, 5) is 21.0. The van der Waals surface area contributed by atoms with E-state index < -0.39 is 17.5 Å². The molecule has 0 saturated carbocycles. The van der Waals surface area contributed by atoms with Crippen molar-refractivity contribution in [2.75, 3.05) is 0 Å². The molecule has 0 aliphatic rings. The van der Waals surface area contributed by atoms with E-state index in [1.807, 2.05) is 0 Å². The molecule has 0 saturated heterocycles. The quantitative estimate of drug-likeness (QED) is 0.625. The van der Waals surface area contributed by atoms with E-state index in [-0.39, 0.29) is 23.1 Å². The van der Waals surface area contributed by atoms with Crippen molar-refractivity contribution in [2.24, 2.45) is 0 Å². The SMILES string of the molecule is O=CNC(CC(=O)O)c1ccc(SC(F)(F)F)cc1. The largest absolute Gasteiger partial charge is 0.481 e. The number of benzene rings is 1. The molecule has 1 aromatic carbocycles. The molecule has 0 radical (unpaired) electrons. The minimum atomic E-state index is -4.37. The fourth-order valence-corrected chi connectivity index (χ4v) is 1.97. The first-order valence-electron chi connectivity index (χ1n) is 5.09. The average Bonchev–Trinajstić information content (AvgIpc) is 2.27. The van der Waals surface area contributed by atoms with Crippen molar-refractivity contribution < 1.29 is 27.9 Å². The number of halogens is 3. The number of carbonyl (C=O) groups excluding carboxylic acids is 1. The van der Waals surface area contributed by atoms with Gasteiger partial charge in [0, 0.05) is 4.90 Å². The fraction of sp³-hybridized carbons (Fsp3) is 0.273. The Morgan fingerprint density at radius 3 is 2.37 bits per heavy atom. The molecule has 1 aromatic rings. The highest BCUT2D eigenvalue weighted by Gasteiger charge is 2.29. The second-order valence-electron chi connectivity index (χ2n) is 3.55. The van der Waals surface area contributed by atoms with Crippen LogP contribution in [0.15, 0.2) is 29.2 Å². The minimum absolute atomic E-state index is 0.00331. The van der Waals surface area contributed by atoms with E-state index in [4.69, 9.17) is 5.11 Å². The Morgan fingerprint density at radius 2 is 1.95 bits per heavy atom. The average molecular weight is 293 g/mol. The van der Waals surface area contributed by atoms with Crippen LogP contribution in [0, 0.1) is 0 Å². The third kappa shape index (κ3) is 5.64. The number of thioether (sulfide) groups is 1. The zero-order valence-corrected chi connectivity index (χ0v) is 10.3. The fourth-order valence-electron chi connectivity index (χ4n) is 1.43. The number of hydrogen-bond donors (Lipinski definition) is 2. The number of alkyl halides is 3. The van der Waals surface area contributed by atoms with E-state index in [0.29, 0.717) is 12.0 Å². The summed E-state index contributed by atoms with van der Waals surface area (Å²) < 4.78 is 36.4. The standard InChI is InChI=1S/C11H10F3NO3S/c12-11(13,14)19-8-3-1-7(2-4-8)9(15-6-16)5-10(17)18/h1-4,6,9H,5H2,(H,15,16)(H,17,18). The van der Waals surface area contributed by atoms with Crippen LogP contribution in [-0.2, 0) is 9.59 Å². The second kappa shape index (κ2) is 6.46. The number of amides is 1. The van der Waals surface area contributed by atoms with E-state index in [1.54, 1.807) is 0 Å². The Morgan fingerprint density at radius 1 is 1.37 bits per heavy atom. The Balaban J connectivity index is 2.82. The zero-order valence-electron chi connectivity index (χ0n) is 9.48. The smallest absolute Gasteiger partial charge is 0.446 e. The summed E-state index contributed by atoms with van der Waals surface area (Å²) in [6, 6.07) is 4.42. The maximum absolute atomic E-state index is 12.1. The number of carboxylic acids is 1. The predicted molar refractivity (Wildman–Crippen MR) is 62.5 cm³/mol. The molecule has 19 heavy (non-hydrogen) atoms. The third-order valence-corrected chi connectivity index (χ3v) is 2.90. The van der Waals surface area contributed by atoms with Crippen molar-refractivity contribution in [1.29, 1.82) is 0 Å². The van der Waals surface area contributed by atoms with E-state index in [2.05, 4.69) is 5.32 Å². The maximum Gasteiger partial charge on any atom is 0.446 e. The Hall–Kier alpha value is -1.70. The van der Waals surface area contributed by atoms with Gasteiger partial charge < -0.3 is 10.4 Å². The van der Waals surface area contributed by atoms with Gasteiger partial charge in [-0.3, -0.25) is 9.59 Å². The van der Waals surface area contributed by atoms with Gasteiger partial charge in [0.2, 0.25) is 6.41 Å². The molecule has 0 bridgehead atoms. The molecule has 0 heterocycles. The van der Waals surface area contributed by atoms with Gasteiger partial charge in [-0.2, -0.15) is 13.2 Å². The molecule has 4 nitrogen and oxygen atoms in total.